The number of hydrogen-bond acceptors (Lipinski definition) is 3. The van der Waals surface area contributed by atoms with E-state index in [0.717, 1.165) is 18.2 Å². The zero-order valence-electron chi connectivity index (χ0n) is 7.90. The van der Waals surface area contributed by atoms with Crippen LogP contribution in [0.2, 0.25) is 0 Å². The molecule has 1 aromatic heterocycles. The van der Waals surface area contributed by atoms with E-state index in [-0.39, 0.29) is 6.61 Å². The maximum Gasteiger partial charge on any atom is 0.135 e. The number of aromatic nitrogens is 3. The molecular weight excluding hydrogens is 166 g/mol. The third-order valence-electron chi connectivity index (χ3n) is 2.65. The Morgan fingerprint density at radius 3 is 3.15 bits per heavy atom. The number of fused-ring (bicyclic) bond motifs is 1. The van der Waals surface area contributed by atoms with Crippen LogP contribution in [-0.4, -0.2) is 26.5 Å². The summed E-state index contributed by atoms with van der Waals surface area (Å²) in [6, 6.07) is 0. The van der Waals surface area contributed by atoms with E-state index in [4.69, 9.17) is 5.11 Å². The van der Waals surface area contributed by atoms with Gasteiger partial charge in [0.15, 0.2) is 0 Å². The van der Waals surface area contributed by atoms with Gasteiger partial charge in [-0.25, -0.2) is 0 Å². The van der Waals surface area contributed by atoms with Crippen LogP contribution in [0.25, 0.3) is 0 Å². The minimum absolute atomic E-state index is 0.159. The highest BCUT2D eigenvalue weighted by molar-refractivity contribution is 5.03. The molecule has 1 aliphatic heterocycles. The summed E-state index contributed by atoms with van der Waals surface area (Å²) in [5, 5.41) is 17.1. The van der Waals surface area contributed by atoms with E-state index >= 15 is 0 Å². The van der Waals surface area contributed by atoms with Crippen LogP contribution in [0.3, 0.4) is 0 Å². The Labute approximate surface area is 77.6 Å². The third-order valence-corrected chi connectivity index (χ3v) is 2.65. The van der Waals surface area contributed by atoms with Crippen molar-refractivity contribution < 1.29 is 5.11 Å². The van der Waals surface area contributed by atoms with Crippen molar-refractivity contribution in [3.8, 4) is 0 Å². The lowest BCUT2D eigenvalue weighted by Gasteiger charge is -2.19. The molecule has 1 aliphatic rings. The van der Waals surface area contributed by atoms with Gasteiger partial charge < -0.3 is 9.67 Å². The van der Waals surface area contributed by atoms with Gasteiger partial charge in [-0.1, -0.05) is 6.92 Å². The first-order valence-corrected chi connectivity index (χ1v) is 4.85. The van der Waals surface area contributed by atoms with Crippen molar-refractivity contribution in [1.82, 2.24) is 14.8 Å². The van der Waals surface area contributed by atoms with Crippen LogP contribution in [0.4, 0.5) is 0 Å². The molecule has 2 heterocycles. The summed E-state index contributed by atoms with van der Waals surface area (Å²) in [5.74, 6) is 2.55. The molecule has 0 saturated heterocycles. The molecule has 0 aromatic carbocycles. The van der Waals surface area contributed by atoms with Crippen molar-refractivity contribution in [2.24, 2.45) is 0 Å². The van der Waals surface area contributed by atoms with Gasteiger partial charge >= 0.3 is 0 Å². The maximum atomic E-state index is 8.82. The Balaban J connectivity index is 2.30. The van der Waals surface area contributed by atoms with Gasteiger partial charge in [0.05, 0.1) is 6.61 Å². The summed E-state index contributed by atoms with van der Waals surface area (Å²) in [4.78, 5) is 0. The highest BCUT2D eigenvalue weighted by atomic mass is 16.3. The average molecular weight is 181 g/mol. The highest BCUT2D eigenvalue weighted by Gasteiger charge is 2.20. The van der Waals surface area contributed by atoms with Gasteiger partial charge in [0.2, 0.25) is 0 Å². The molecule has 0 bridgehead atoms. The second-order valence-corrected chi connectivity index (χ2v) is 3.64. The van der Waals surface area contributed by atoms with E-state index in [1.807, 2.05) is 0 Å². The van der Waals surface area contributed by atoms with Crippen LogP contribution in [0.5, 0.6) is 0 Å². The zero-order valence-corrected chi connectivity index (χ0v) is 7.90. The van der Waals surface area contributed by atoms with Crippen molar-refractivity contribution in [2.45, 2.75) is 38.6 Å². The van der Waals surface area contributed by atoms with Crippen LogP contribution in [0.1, 0.15) is 37.3 Å². The Bertz CT molecular complexity index is 295. The van der Waals surface area contributed by atoms with Crippen LogP contribution < -0.4 is 0 Å². The van der Waals surface area contributed by atoms with Crippen molar-refractivity contribution in [1.29, 1.82) is 0 Å². The Morgan fingerprint density at radius 2 is 2.38 bits per heavy atom. The monoisotopic (exact) mass is 181 g/mol. The number of rotatable bonds is 2. The second kappa shape index (κ2) is 3.46. The molecule has 0 spiro atoms. The lowest BCUT2D eigenvalue weighted by molar-refractivity contribution is 0.293. The fraction of sp³-hybridized carbons (Fsp3) is 0.778. The number of hydrogen-bond donors (Lipinski definition) is 1. The molecule has 0 aliphatic carbocycles. The van der Waals surface area contributed by atoms with Gasteiger partial charge in [0.1, 0.15) is 11.6 Å². The fourth-order valence-electron chi connectivity index (χ4n) is 1.93. The number of nitrogens with zero attached hydrogens (tertiary/aromatic N) is 3. The van der Waals surface area contributed by atoms with Crippen LogP contribution >= 0.6 is 0 Å². The van der Waals surface area contributed by atoms with Crippen molar-refractivity contribution in [3.05, 3.63) is 11.6 Å². The van der Waals surface area contributed by atoms with Gasteiger partial charge in [-0.3, -0.25) is 0 Å². The molecule has 1 aromatic rings. The highest BCUT2D eigenvalue weighted by Crippen LogP contribution is 2.25. The summed E-state index contributed by atoms with van der Waals surface area (Å²) in [5.41, 5.74) is 0. The summed E-state index contributed by atoms with van der Waals surface area (Å²) in [6.07, 6.45) is 3.03. The van der Waals surface area contributed by atoms with Gasteiger partial charge in [0, 0.05) is 18.9 Å². The molecule has 1 N–H and O–H groups in total. The van der Waals surface area contributed by atoms with Gasteiger partial charge in [-0.2, -0.15) is 0 Å². The van der Waals surface area contributed by atoms with E-state index in [9.17, 15) is 0 Å². The summed E-state index contributed by atoms with van der Waals surface area (Å²) >= 11 is 0. The summed E-state index contributed by atoms with van der Waals surface area (Å²) in [7, 11) is 0. The molecule has 0 fully saturated rings. The molecule has 0 radical (unpaired) electrons. The standard InChI is InChI=1S/C9H15N3O/c1-7-3-2-5-12-8(4-6-13)10-11-9(7)12/h7,13H,2-6H2,1H3. The van der Waals surface area contributed by atoms with Crippen LogP contribution in [0, 0.1) is 0 Å². The Hall–Kier alpha value is -0.900. The molecule has 4 heteroatoms. The summed E-state index contributed by atoms with van der Waals surface area (Å²) in [6.45, 7) is 3.36. The fourth-order valence-corrected chi connectivity index (χ4v) is 1.93. The average Bonchev–Trinajstić information content (AvgIpc) is 2.51. The van der Waals surface area contributed by atoms with Crippen molar-refractivity contribution in [3.63, 3.8) is 0 Å². The van der Waals surface area contributed by atoms with Crippen molar-refractivity contribution >= 4 is 0 Å². The Morgan fingerprint density at radius 1 is 1.54 bits per heavy atom. The van der Waals surface area contributed by atoms with Crippen molar-refractivity contribution in [2.75, 3.05) is 6.61 Å². The molecule has 72 valence electrons. The first-order valence-electron chi connectivity index (χ1n) is 4.85. The largest absolute Gasteiger partial charge is 0.396 e. The first-order chi connectivity index (χ1) is 6.33. The minimum atomic E-state index is 0.159. The van der Waals surface area contributed by atoms with Crippen LogP contribution in [0.15, 0.2) is 0 Å². The van der Waals surface area contributed by atoms with Gasteiger partial charge in [0.25, 0.3) is 0 Å². The molecule has 0 amide bonds. The van der Waals surface area contributed by atoms with Gasteiger partial charge in [-0.05, 0) is 12.8 Å². The van der Waals surface area contributed by atoms with E-state index < -0.39 is 0 Å². The minimum Gasteiger partial charge on any atom is -0.396 e. The predicted octanol–water partition coefficient (Wildman–Crippen LogP) is 0.710. The molecule has 2 rings (SSSR count). The Kier molecular flexibility index (Phi) is 2.31. The normalized spacial score (nSPS) is 21.5. The number of aliphatic hydroxyl groups excluding tert-OH is 1. The molecule has 4 nitrogen and oxygen atoms in total. The lowest BCUT2D eigenvalue weighted by Crippen LogP contribution is -2.16. The maximum absolute atomic E-state index is 8.82. The van der Waals surface area contributed by atoms with Gasteiger partial charge in [-0.15, -0.1) is 10.2 Å². The molecular formula is C9H15N3O. The summed E-state index contributed by atoms with van der Waals surface area (Å²) < 4.78 is 2.16. The SMILES string of the molecule is CC1CCCn2c(CCO)nnc21. The topological polar surface area (TPSA) is 50.9 Å². The smallest absolute Gasteiger partial charge is 0.135 e. The number of aliphatic hydroxyl groups is 1. The second-order valence-electron chi connectivity index (χ2n) is 3.64. The molecule has 13 heavy (non-hydrogen) atoms. The zero-order chi connectivity index (χ0) is 9.26. The van der Waals surface area contributed by atoms with E-state index in [2.05, 4.69) is 21.7 Å². The quantitative estimate of drug-likeness (QED) is 0.731. The third kappa shape index (κ3) is 1.46. The van der Waals surface area contributed by atoms with E-state index in [0.29, 0.717) is 12.3 Å². The van der Waals surface area contributed by atoms with E-state index in [1.54, 1.807) is 0 Å². The molecule has 0 saturated carbocycles. The molecule has 1 unspecified atom stereocenters. The van der Waals surface area contributed by atoms with Crippen LogP contribution in [-0.2, 0) is 13.0 Å². The predicted molar refractivity (Wildman–Crippen MR) is 48.5 cm³/mol. The first kappa shape index (κ1) is 8.69. The lowest BCUT2D eigenvalue weighted by atomic mass is 10.0. The van der Waals surface area contributed by atoms with E-state index in [1.165, 1.54) is 12.8 Å². The molecule has 1 atom stereocenters.